The molecule has 1 heterocycles. The fourth-order valence-corrected chi connectivity index (χ4v) is 1.89. The van der Waals surface area contributed by atoms with Crippen molar-refractivity contribution in [2.24, 2.45) is 0 Å². The van der Waals surface area contributed by atoms with Crippen molar-refractivity contribution < 1.29 is 18.3 Å². The van der Waals surface area contributed by atoms with Gasteiger partial charge >= 0.3 is 5.97 Å². The number of rotatable bonds is 4. The number of carbonyl (C=O) groups is 1. The Labute approximate surface area is 91.0 Å². The second-order valence-corrected chi connectivity index (χ2v) is 4.72. The highest BCUT2D eigenvalue weighted by atomic mass is 35.5. The lowest BCUT2D eigenvalue weighted by molar-refractivity contribution is -0.134. The number of nitrogens with zero attached hydrogens (tertiary/aromatic N) is 1. The van der Waals surface area contributed by atoms with Gasteiger partial charge in [-0.05, 0) is 12.1 Å². The summed E-state index contributed by atoms with van der Waals surface area (Å²) in [5.41, 5.74) is 0. The Bertz CT molecular complexity index is 474. The number of hydrogen-bond acceptors (Lipinski definition) is 4. The summed E-state index contributed by atoms with van der Waals surface area (Å²) in [7, 11) is -3.95. The molecule has 1 aromatic heterocycles. The van der Waals surface area contributed by atoms with Crippen molar-refractivity contribution in [2.75, 3.05) is 10.5 Å². The quantitative estimate of drug-likeness (QED) is 0.814. The molecule has 15 heavy (non-hydrogen) atoms. The first-order chi connectivity index (χ1) is 6.91. The van der Waals surface area contributed by atoms with E-state index in [0.717, 1.165) is 0 Å². The van der Waals surface area contributed by atoms with Crippen molar-refractivity contribution in [2.45, 2.75) is 0 Å². The molecule has 0 saturated heterocycles. The molecule has 0 unspecified atom stereocenters. The van der Waals surface area contributed by atoms with Crippen LogP contribution in [0.1, 0.15) is 0 Å². The van der Waals surface area contributed by atoms with Gasteiger partial charge in [0, 0.05) is 6.20 Å². The molecule has 0 radical (unpaired) electrons. The van der Waals surface area contributed by atoms with Gasteiger partial charge in [-0.2, -0.15) is 0 Å². The molecular weight excluding hydrogens is 244 g/mol. The molecule has 82 valence electrons. The van der Waals surface area contributed by atoms with E-state index in [0.29, 0.717) is 0 Å². The van der Waals surface area contributed by atoms with E-state index in [1.165, 1.54) is 18.3 Å². The third-order valence-electron chi connectivity index (χ3n) is 1.32. The Morgan fingerprint density at radius 1 is 1.60 bits per heavy atom. The van der Waals surface area contributed by atoms with Gasteiger partial charge in [0.05, 0.1) is 5.02 Å². The molecule has 0 fully saturated rings. The normalized spacial score (nSPS) is 11.0. The lowest BCUT2D eigenvalue weighted by atomic mass is 10.5. The van der Waals surface area contributed by atoms with E-state index in [4.69, 9.17) is 16.7 Å². The van der Waals surface area contributed by atoms with E-state index in [1.807, 2.05) is 4.72 Å². The maximum Gasteiger partial charge on any atom is 0.320 e. The van der Waals surface area contributed by atoms with Gasteiger partial charge in [0.2, 0.25) is 10.0 Å². The SMILES string of the molecule is O=C(O)CS(=O)(=O)Nc1ncccc1Cl. The van der Waals surface area contributed by atoms with Crippen LogP contribution in [0.2, 0.25) is 5.02 Å². The van der Waals surface area contributed by atoms with Crippen LogP contribution in [0.4, 0.5) is 5.82 Å². The predicted octanol–water partition coefficient (Wildman–Crippen LogP) is 0.561. The summed E-state index contributed by atoms with van der Waals surface area (Å²) in [5, 5.41) is 8.43. The van der Waals surface area contributed by atoms with E-state index in [2.05, 4.69) is 4.98 Å². The molecule has 8 heteroatoms. The molecule has 6 nitrogen and oxygen atoms in total. The van der Waals surface area contributed by atoms with Gasteiger partial charge in [-0.3, -0.25) is 9.52 Å². The minimum absolute atomic E-state index is 0.0829. The van der Waals surface area contributed by atoms with Gasteiger partial charge in [0.25, 0.3) is 0 Å². The summed E-state index contributed by atoms with van der Waals surface area (Å²) in [6.07, 6.45) is 1.34. The van der Waals surface area contributed by atoms with Gasteiger partial charge in [-0.15, -0.1) is 0 Å². The molecule has 0 aliphatic carbocycles. The number of carboxylic acids is 1. The fourth-order valence-electron chi connectivity index (χ4n) is 0.807. The number of hydrogen-bond donors (Lipinski definition) is 2. The molecule has 0 spiro atoms. The van der Waals surface area contributed by atoms with Crippen molar-refractivity contribution in [3.8, 4) is 0 Å². The van der Waals surface area contributed by atoms with Crippen molar-refractivity contribution in [1.82, 2.24) is 4.98 Å². The van der Waals surface area contributed by atoms with Crippen molar-refractivity contribution in [3.63, 3.8) is 0 Å². The van der Waals surface area contributed by atoms with E-state index in [9.17, 15) is 13.2 Å². The van der Waals surface area contributed by atoms with Gasteiger partial charge in [-0.25, -0.2) is 13.4 Å². The Morgan fingerprint density at radius 3 is 2.80 bits per heavy atom. The number of nitrogens with one attached hydrogen (secondary N) is 1. The maximum atomic E-state index is 11.2. The summed E-state index contributed by atoms with van der Waals surface area (Å²) in [6, 6.07) is 2.96. The largest absolute Gasteiger partial charge is 0.480 e. The summed E-state index contributed by atoms with van der Waals surface area (Å²) in [6.45, 7) is 0. The van der Waals surface area contributed by atoms with E-state index < -0.39 is 21.7 Å². The smallest absolute Gasteiger partial charge is 0.320 e. The first-order valence-electron chi connectivity index (χ1n) is 3.73. The Morgan fingerprint density at radius 2 is 2.27 bits per heavy atom. The third-order valence-corrected chi connectivity index (χ3v) is 2.76. The topological polar surface area (TPSA) is 96.4 Å². The van der Waals surface area contributed by atoms with Crippen molar-refractivity contribution in [3.05, 3.63) is 23.4 Å². The van der Waals surface area contributed by atoms with E-state index in [-0.39, 0.29) is 10.8 Å². The van der Waals surface area contributed by atoms with Gasteiger partial charge in [0.1, 0.15) is 0 Å². The van der Waals surface area contributed by atoms with Crippen LogP contribution in [0.3, 0.4) is 0 Å². The lowest BCUT2D eigenvalue weighted by Gasteiger charge is -2.05. The third kappa shape index (κ3) is 3.72. The van der Waals surface area contributed by atoms with Gasteiger partial charge in [-0.1, -0.05) is 11.6 Å². The Kier molecular flexibility index (Phi) is 3.48. The van der Waals surface area contributed by atoms with E-state index in [1.54, 1.807) is 0 Å². The van der Waals surface area contributed by atoms with Gasteiger partial charge in [0.15, 0.2) is 11.6 Å². The average molecular weight is 251 g/mol. The molecule has 0 saturated carbocycles. The van der Waals surface area contributed by atoms with Crippen LogP contribution >= 0.6 is 11.6 Å². The Balaban J connectivity index is 2.87. The zero-order valence-corrected chi connectivity index (χ0v) is 8.92. The number of pyridine rings is 1. The second kappa shape index (κ2) is 4.45. The molecule has 0 aliphatic heterocycles. The zero-order valence-electron chi connectivity index (χ0n) is 7.34. The molecule has 0 atom stereocenters. The molecule has 2 N–H and O–H groups in total. The average Bonchev–Trinajstić information content (AvgIpc) is 2.06. The number of halogens is 1. The Hall–Kier alpha value is -1.34. The minimum atomic E-state index is -3.95. The highest BCUT2D eigenvalue weighted by Gasteiger charge is 2.17. The number of carboxylic acid groups (broad SMARTS) is 1. The van der Waals surface area contributed by atoms with Crippen LogP contribution in [0.15, 0.2) is 18.3 Å². The van der Waals surface area contributed by atoms with Crippen LogP contribution in [-0.2, 0) is 14.8 Å². The molecular formula is C7H7ClN2O4S. The standard InChI is InChI=1S/C7H7ClN2O4S/c8-5-2-1-3-9-7(5)10-15(13,14)4-6(11)12/h1-3H,4H2,(H,9,10)(H,11,12). The number of aliphatic carboxylic acids is 1. The molecule has 1 aromatic rings. The van der Waals surface area contributed by atoms with Crippen molar-refractivity contribution in [1.29, 1.82) is 0 Å². The van der Waals surface area contributed by atoms with Crippen LogP contribution in [0, 0.1) is 0 Å². The summed E-state index contributed by atoms with van der Waals surface area (Å²) in [5.74, 6) is -2.56. The minimum Gasteiger partial charge on any atom is -0.480 e. The van der Waals surface area contributed by atoms with Crippen LogP contribution in [0.5, 0.6) is 0 Å². The molecule has 0 aliphatic rings. The van der Waals surface area contributed by atoms with E-state index >= 15 is 0 Å². The number of aromatic nitrogens is 1. The van der Waals surface area contributed by atoms with Crippen LogP contribution in [0.25, 0.3) is 0 Å². The number of anilines is 1. The van der Waals surface area contributed by atoms with Crippen LogP contribution < -0.4 is 4.72 Å². The maximum absolute atomic E-state index is 11.2. The second-order valence-electron chi connectivity index (χ2n) is 2.59. The summed E-state index contributed by atoms with van der Waals surface area (Å²) < 4.78 is 24.3. The lowest BCUT2D eigenvalue weighted by Crippen LogP contribution is -2.23. The first kappa shape index (κ1) is 11.7. The molecule has 1 rings (SSSR count). The van der Waals surface area contributed by atoms with Crippen LogP contribution in [-0.4, -0.2) is 30.2 Å². The summed E-state index contributed by atoms with van der Waals surface area (Å²) in [4.78, 5) is 13.9. The highest BCUT2D eigenvalue weighted by molar-refractivity contribution is 7.93. The molecule has 0 amide bonds. The highest BCUT2D eigenvalue weighted by Crippen LogP contribution is 2.18. The van der Waals surface area contributed by atoms with Gasteiger partial charge < -0.3 is 5.11 Å². The number of sulfonamides is 1. The molecule has 0 bridgehead atoms. The first-order valence-corrected chi connectivity index (χ1v) is 5.76. The zero-order chi connectivity index (χ0) is 11.5. The van der Waals surface area contributed by atoms with Crippen molar-refractivity contribution >= 4 is 33.4 Å². The monoisotopic (exact) mass is 250 g/mol. The fraction of sp³-hybridized carbons (Fsp3) is 0.143. The summed E-state index contributed by atoms with van der Waals surface area (Å²) >= 11 is 5.63. The predicted molar refractivity (Wildman–Crippen MR) is 54.3 cm³/mol. The molecule has 0 aromatic carbocycles.